The Morgan fingerprint density at radius 1 is 0.815 bits per heavy atom. The first kappa shape index (κ1) is 24.9. The average molecular weight is 386 g/mol. The standard InChI is InChI=1S/C19H30O8/c1-6-24-10-8-16(20)14(4)26-18(22)12-13(3)19(23)27-15(5)17(21)9-11-25-7-2/h14-15H,3,6-12H2,1-2,4-5H3. The van der Waals surface area contributed by atoms with Gasteiger partial charge in [0.1, 0.15) is 0 Å². The molecule has 0 bridgehead atoms. The van der Waals surface area contributed by atoms with Gasteiger partial charge < -0.3 is 18.9 Å². The number of ether oxygens (including phenoxy) is 4. The van der Waals surface area contributed by atoms with Crippen molar-refractivity contribution in [1.82, 2.24) is 0 Å². The van der Waals surface area contributed by atoms with Crippen molar-refractivity contribution in [2.75, 3.05) is 26.4 Å². The van der Waals surface area contributed by atoms with Crippen LogP contribution < -0.4 is 0 Å². The minimum absolute atomic E-state index is 0.123. The van der Waals surface area contributed by atoms with Crippen LogP contribution in [0, 0.1) is 0 Å². The van der Waals surface area contributed by atoms with E-state index in [9.17, 15) is 19.2 Å². The van der Waals surface area contributed by atoms with Gasteiger partial charge in [-0.25, -0.2) is 4.79 Å². The van der Waals surface area contributed by atoms with E-state index in [0.29, 0.717) is 13.2 Å². The molecule has 0 saturated heterocycles. The molecule has 0 radical (unpaired) electrons. The fourth-order valence-electron chi connectivity index (χ4n) is 1.90. The van der Waals surface area contributed by atoms with Gasteiger partial charge in [0, 0.05) is 31.6 Å². The second kappa shape index (κ2) is 14.1. The minimum Gasteiger partial charge on any atom is -0.454 e. The van der Waals surface area contributed by atoms with E-state index >= 15 is 0 Å². The molecule has 0 aromatic carbocycles. The van der Waals surface area contributed by atoms with Gasteiger partial charge in [-0.15, -0.1) is 0 Å². The molecule has 0 rings (SSSR count). The van der Waals surface area contributed by atoms with Crippen LogP contribution in [0.5, 0.6) is 0 Å². The number of carbonyl (C=O) groups is 4. The fraction of sp³-hybridized carbons (Fsp3) is 0.684. The molecule has 2 unspecified atom stereocenters. The summed E-state index contributed by atoms with van der Waals surface area (Å²) in [5.41, 5.74) is -0.154. The molecule has 0 N–H and O–H groups in total. The van der Waals surface area contributed by atoms with E-state index in [1.165, 1.54) is 13.8 Å². The number of hydrogen-bond acceptors (Lipinski definition) is 8. The van der Waals surface area contributed by atoms with Crippen molar-refractivity contribution < 1.29 is 38.1 Å². The van der Waals surface area contributed by atoms with Crippen LogP contribution in [-0.2, 0) is 38.1 Å². The van der Waals surface area contributed by atoms with Gasteiger partial charge in [-0.1, -0.05) is 6.58 Å². The first-order valence-electron chi connectivity index (χ1n) is 9.01. The molecule has 0 aromatic rings. The van der Waals surface area contributed by atoms with E-state index in [1.807, 2.05) is 13.8 Å². The second-order valence-electron chi connectivity index (χ2n) is 5.79. The molecule has 0 aliphatic rings. The minimum atomic E-state index is -0.968. The van der Waals surface area contributed by atoms with Crippen LogP contribution in [0.25, 0.3) is 0 Å². The number of Topliss-reactive ketones (excluding diaryl/α,β-unsaturated/α-hetero) is 2. The summed E-state index contributed by atoms with van der Waals surface area (Å²) in [4.78, 5) is 47.3. The molecule has 0 aliphatic heterocycles. The van der Waals surface area contributed by atoms with Crippen LogP contribution in [0.15, 0.2) is 12.2 Å². The maximum atomic E-state index is 11.9. The zero-order valence-corrected chi connectivity index (χ0v) is 16.6. The lowest BCUT2D eigenvalue weighted by molar-refractivity contribution is -0.156. The van der Waals surface area contributed by atoms with Gasteiger partial charge in [-0.05, 0) is 27.7 Å². The van der Waals surface area contributed by atoms with Crippen molar-refractivity contribution in [2.45, 2.75) is 59.2 Å². The monoisotopic (exact) mass is 386 g/mol. The van der Waals surface area contributed by atoms with Gasteiger partial charge in [0.15, 0.2) is 23.8 Å². The fourth-order valence-corrected chi connectivity index (χ4v) is 1.90. The molecule has 2 atom stereocenters. The Morgan fingerprint density at radius 2 is 1.26 bits per heavy atom. The summed E-state index contributed by atoms with van der Waals surface area (Å²) < 4.78 is 20.1. The largest absolute Gasteiger partial charge is 0.454 e. The molecule has 0 amide bonds. The highest BCUT2D eigenvalue weighted by molar-refractivity contribution is 5.95. The van der Waals surface area contributed by atoms with Gasteiger partial charge in [0.25, 0.3) is 0 Å². The topological polar surface area (TPSA) is 105 Å². The molecule has 154 valence electrons. The highest BCUT2D eigenvalue weighted by atomic mass is 16.6. The van der Waals surface area contributed by atoms with Crippen LogP contribution in [-0.4, -0.2) is 62.1 Å². The summed E-state index contributed by atoms with van der Waals surface area (Å²) in [6.07, 6.45) is -2.09. The number of rotatable bonds is 15. The highest BCUT2D eigenvalue weighted by Crippen LogP contribution is 2.09. The number of ketones is 2. The van der Waals surface area contributed by atoms with Crippen LogP contribution >= 0.6 is 0 Å². The van der Waals surface area contributed by atoms with E-state index < -0.39 is 30.6 Å². The zero-order chi connectivity index (χ0) is 20.8. The van der Waals surface area contributed by atoms with Crippen molar-refractivity contribution in [1.29, 1.82) is 0 Å². The van der Waals surface area contributed by atoms with E-state index in [0.717, 1.165) is 0 Å². The van der Waals surface area contributed by atoms with Crippen LogP contribution in [0.2, 0.25) is 0 Å². The highest BCUT2D eigenvalue weighted by Gasteiger charge is 2.23. The van der Waals surface area contributed by atoms with Crippen molar-refractivity contribution >= 4 is 23.5 Å². The smallest absolute Gasteiger partial charge is 0.334 e. The SMILES string of the molecule is C=C(CC(=O)OC(C)C(=O)CCOCC)C(=O)OC(C)C(=O)CCOCC. The lowest BCUT2D eigenvalue weighted by Gasteiger charge is -2.15. The molecular weight excluding hydrogens is 356 g/mol. The summed E-state index contributed by atoms with van der Waals surface area (Å²) in [7, 11) is 0. The first-order chi connectivity index (χ1) is 12.7. The Balaban J connectivity index is 4.29. The van der Waals surface area contributed by atoms with Crippen LogP contribution in [0.4, 0.5) is 0 Å². The average Bonchev–Trinajstić information content (AvgIpc) is 2.61. The predicted molar refractivity (Wildman–Crippen MR) is 97.1 cm³/mol. The summed E-state index contributed by atoms with van der Waals surface area (Å²) in [5, 5.41) is 0. The normalized spacial score (nSPS) is 12.7. The summed E-state index contributed by atoms with van der Waals surface area (Å²) in [6.45, 7) is 11.5. The van der Waals surface area contributed by atoms with Crippen LogP contribution in [0.3, 0.4) is 0 Å². The molecule has 0 saturated carbocycles. The van der Waals surface area contributed by atoms with Gasteiger partial charge in [-0.3, -0.25) is 14.4 Å². The van der Waals surface area contributed by atoms with Gasteiger partial charge in [0.05, 0.1) is 19.6 Å². The Labute approximate surface area is 160 Å². The van der Waals surface area contributed by atoms with E-state index in [-0.39, 0.29) is 43.2 Å². The Hall–Kier alpha value is -2.06. The van der Waals surface area contributed by atoms with Gasteiger partial charge in [0.2, 0.25) is 0 Å². The maximum absolute atomic E-state index is 11.9. The Kier molecular flexibility index (Phi) is 13.0. The molecule has 0 fully saturated rings. The van der Waals surface area contributed by atoms with E-state index in [2.05, 4.69) is 6.58 Å². The number of carbonyl (C=O) groups excluding carboxylic acids is 4. The summed E-state index contributed by atoms with van der Waals surface area (Å²) in [5.74, 6) is -2.21. The quantitative estimate of drug-likeness (QED) is 0.238. The zero-order valence-electron chi connectivity index (χ0n) is 16.6. The first-order valence-corrected chi connectivity index (χ1v) is 9.01. The van der Waals surface area contributed by atoms with E-state index in [1.54, 1.807) is 0 Å². The maximum Gasteiger partial charge on any atom is 0.334 e. The van der Waals surface area contributed by atoms with E-state index in [4.69, 9.17) is 18.9 Å². The predicted octanol–water partition coefficient (Wildman–Crippen LogP) is 1.79. The van der Waals surface area contributed by atoms with Crippen LogP contribution in [0.1, 0.15) is 47.0 Å². The van der Waals surface area contributed by atoms with Crippen molar-refractivity contribution in [3.05, 3.63) is 12.2 Å². The Morgan fingerprint density at radius 3 is 1.70 bits per heavy atom. The molecule has 0 aromatic heterocycles. The lowest BCUT2D eigenvalue weighted by atomic mass is 10.2. The molecule has 0 heterocycles. The third kappa shape index (κ3) is 11.3. The molecule has 8 heteroatoms. The number of hydrogen-bond donors (Lipinski definition) is 0. The molecular formula is C19H30O8. The van der Waals surface area contributed by atoms with Crippen molar-refractivity contribution in [3.63, 3.8) is 0 Å². The molecule has 0 spiro atoms. The summed E-state index contributed by atoms with van der Waals surface area (Å²) >= 11 is 0. The molecule has 27 heavy (non-hydrogen) atoms. The van der Waals surface area contributed by atoms with Crippen molar-refractivity contribution in [2.24, 2.45) is 0 Å². The number of esters is 2. The molecule has 0 aliphatic carbocycles. The van der Waals surface area contributed by atoms with Gasteiger partial charge in [-0.2, -0.15) is 0 Å². The van der Waals surface area contributed by atoms with Gasteiger partial charge >= 0.3 is 11.9 Å². The second-order valence-corrected chi connectivity index (χ2v) is 5.79. The lowest BCUT2D eigenvalue weighted by Crippen LogP contribution is -2.28. The van der Waals surface area contributed by atoms with Crippen molar-refractivity contribution in [3.8, 4) is 0 Å². The third-order valence-corrected chi connectivity index (χ3v) is 3.54. The third-order valence-electron chi connectivity index (χ3n) is 3.54. The molecule has 8 nitrogen and oxygen atoms in total. The Bertz CT molecular complexity index is 526. The summed E-state index contributed by atoms with van der Waals surface area (Å²) in [6, 6.07) is 0.